The van der Waals surface area contributed by atoms with Gasteiger partial charge in [-0.1, -0.05) is 0 Å². The lowest BCUT2D eigenvalue weighted by molar-refractivity contribution is 0.340. The SMILES string of the molecule is CCOc1cccnc1NC1CCC(SC)C1. The molecule has 94 valence electrons. The highest BCUT2D eigenvalue weighted by Crippen LogP contribution is 2.31. The van der Waals surface area contributed by atoms with E-state index in [1.165, 1.54) is 19.3 Å². The Balaban J connectivity index is 1.98. The number of hydrogen-bond donors (Lipinski definition) is 1. The van der Waals surface area contributed by atoms with Crippen LogP contribution in [0.2, 0.25) is 0 Å². The van der Waals surface area contributed by atoms with Crippen molar-refractivity contribution in [1.29, 1.82) is 0 Å². The molecular weight excluding hydrogens is 232 g/mol. The average molecular weight is 252 g/mol. The van der Waals surface area contributed by atoms with Gasteiger partial charge in [-0.15, -0.1) is 0 Å². The van der Waals surface area contributed by atoms with E-state index >= 15 is 0 Å². The maximum absolute atomic E-state index is 5.57. The van der Waals surface area contributed by atoms with Gasteiger partial charge in [0, 0.05) is 17.5 Å². The molecular formula is C13H20N2OS. The van der Waals surface area contributed by atoms with E-state index in [1.54, 1.807) is 0 Å². The Kier molecular flexibility index (Phi) is 4.54. The number of anilines is 1. The molecule has 17 heavy (non-hydrogen) atoms. The molecule has 0 bridgehead atoms. The van der Waals surface area contributed by atoms with Crippen molar-refractivity contribution in [3.63, 3.8) is 0 Å². The maximum Gasteiger partial charge on any atom is 0.168 e. The molecule has 4 heteroatoms. The van der Waals surface area contributed by atoms with Crippen LogP contribution in [0.15, 0.2) is 18.3 Å². The zero-order valence-corrected chi connectivity index (χ0v) is 11.3. The number of aromatic nitrogens is 1. The Hall–Kier alpha value is -0.900. The van der Waals surface area contributed by atoms with Gasteiger partial charge < -0.3 is 10.1 Å². The number of nitrogens with one attached hydrogen (secondary N) is 1. The van der Waals surface area contributed by atoms with Crippen molar-refractivity contribution in [3.05, 3.63) is 18.3 Å². The van der Waals surface area contributed by atoms with Gasteiger partial charge in [-0.25, -0.2) is 4.98 Å². The molecule has 0 saturated heterocycles. The standard InChI is InChI=1S/C13H20N2OS/c1-3-16-12-5-4-8-14-13(12)15-10-6-7-11(9-10)17-2/h4-5,8,10-11H,3,6-7,9H2,1-2H3,(H,14,15). The highest BCUT2D eigenvalue weighted by molar-refractivity contribution is 7.99. The van der Waals surface area contributed by atoms with Crippen molar-refractivity contribution in [2.75, 3.05) is 18.2 Å². The maximum atomic E-state index is 5.57. The summed E-state index contributed by atoms with van der Waals surface area (Å²) in [6, 6.07) is 4.43. The summed E-state index contributed by atoms with van der Waals surface area (Å²) >= 11 is 1.97. The lowest BCUT2D eigenvalue weighted by Crippen LogP contribution is -2.17. The number of hydrogen-bond acceptors (Lipinski definition) is 4. The summed E-state index contributed by atoms with van der Waals surface area (Å²) in [7, 11) is 0. The minimum absolute atomic E-state index is 0.543. The van der Waals surface area contributed by atoms with Gasteiger partial charge in [0.2, 0.25) is 0 Å². The molecule has 1 heterocycles. The van der Waals surface area contributed by atoms with Crippen LogP contribution in [0.4, 0.5) is 5.82 Å². The van der Waals surface area contributed by atoms with E-state index in [4.69, 9.17) is 4.74 Å². The van der Waals surface area contributed by atoms with Crippen LogP contribution >= 0.6 is 11.8 Å². The third-order valence-electron chi connectivity index (χ3n) is 3.13. The third-order valence-corrected chi connectivity index (χ3v) is 4.22. The van der Waals surface area contributed by atoms with Crippen molar-refractivity contribution < 1.29 is 4.74 Å². The molecule has 2 unspecified atom stereocenters. The molecule has 0 radical (unpaired) electrons. The van der Waals surface area contributed by atoms with Gasteiger partial charge >= 0.3 is 0 Å². The summed E-state index contributed by atoms with van der Waals surface area (Å²) in [5.74, 6) is 1.75. The number of rotatable bonds is 5. The Labute approximate surface area is 107 Å². The van der Waals surface area contributed by atoms with Gasteiger partial charge in [-0.2, -0.15) is 11.8 Å². The fourth-order valence-electron chi connectivity index (χ4n) is 2.25. The molecule has 0 spiro atoms. The van der Waals surface area contributed by atoms with Crippen LogP contribution in [0.3, 0.4) is 0 Å². The van der Waals surface area contributed by atoms with E-state index < -0.39 is 0 Å². The molecule has 0 aliphatic heterocycles. The van der Waals surface area contributed by atoms with Crippen LogP contribution in [0.1, 0.15) is 26.2 Å². The predicted molar refractivity (Wildman–Crippen MR) is 74.0 cm³/mol. The summed E-state index contributed by atoms with van der Waals surface area (Å²) < 4.78 is 5.57. The fourth-order valence-corrected chi connectivity index (χ4v) is 3.05. The quantitative estimate of drug-likeness (QED) is 0.872. The zero-order valence-electron chi connectivity index (χ0n) is 10.5. The predicted octanol–water partition coefficient (Wildman–Crippen LogP) is 3.18. The molecule has 0 aromatic carbocycles. The van der Waals surface area contributed by atoms with E-state index in [2.05, 4.69) is 16.6 Å². The largest absolute Gasteiger partial charge is 0.490 e. The summed E-state index contributed by atoms with van der Waals surface area (Å²) in [5, 5.41) is 4.31. The number of ether oxygens (including phenoxy) is 1. The van der Waals surface area contributed by atoms with Crippen molar-refractivity contribution in [2.24, 2.45) is 0 Å². The fraction of sp³-hybridized carbons (Fsp3) is 0.615. The van der Waals surface area contributed by atoms with Gasteiger partial charge in [0.1, 0.15) is 0 Å². The lowest BCUT2D eigenvalue weighted by Gasteiger charge is -2.16. The minimum Gasteiger partial charge on any atom is -0.490 e. The number of nitrogens with zero attached hydrogens (tertiary/aromatic N) is 1. The number of pyridine rings is 1. The monoisotopic (exact) mass is 252 g/mol. The molecule has 2 atom stereocenters. The minimum atomic E-state index is 0.543. The molecule has 1 aromatic heterocycles. The Morgan fingerprint density at radius 2 is 2.41 bits per heavy atom. The van der Waals surface area contributed by atoms with E-state index in [-0.39, 0.29) is 0 Å². The lowest BCUT2D eigenvalue weighted by atomic mass is 10.2. The van der Waals surface area contributed by atoms with Gasteiger partial charge in [-0.05, 0) is 44.6 Å². The Morgan fingerprint density at radius 1 is 1.53 bits per heavy atom. The first kappa shape index (κ1) is 12.6. The zero-order chi connectivity index (χ0) is 12.1. The second-order valence-electron chi connectivity index (χ2n) is 4.30. The van der Waals surface area contributed by atoms with Crippen molar-refractivity contribution in [3.8, 4) is 5.75 Å². The van der Waals surface area contributed by atoms with Gasteiger partial charge in [0.25, 0.3) is 0 Å². The molecule has 3 nitrogen and oxygen atoms in total. The second kappa shape index (κ2) is 6.15. The topological polar surface area (TPSA) is 34.1 Å². The molecule has 1 saturated carbocycles. The summed E-state index contributed by atoms with van der Waals surface area (Å²) in [4.78, 5) is 4.37. The van der Waals surface area contributed by atoms with Crippen LogP contribution in [0.25, 0.3) is 0 Å². The Bertz CT molecular complexity index is 359. The van der Waals surface area contributed by atoms with E-state index in [0.29, 0.717) is 12.6 Å². The van der Waals surface area contributed by atoms with E-state index in [9.17, 15) is 0 Å². The first-order chi connectivity index (χ1) is 8.33. The molecule has 1 N–H and O–H groups in total. The number of thioether (sulfide) groups is 1. The first-order valence-electron chi connectivity index (χ1n) is 6.20. The molecule has 1 aliphatic carbocycles. The van der Waals surface area contributed by atoms with Crippen LogP contribution in [0.5, 0.6) is 5.75 Å². The summed E-state index contributed by atoms with van der Waals surface area (Å²) in [6.45, 7) is 2.68. The van der Waals surface area contributed by atoms with Crippen molar-refractivity contribution in [2.45, 2.75) is 37.5 Å². The van der Waals surface area contributed by atoms with Crippen LogP contribution < -0.4 is 10.1 Å². The van der Waals surface area contributed by atoms with Crippen molar-refractivity contribution >= 4 is 17.6 Å². The van der Waals surface area contributed by atoms with Crippen molar-refractivity contribution in [1.82, 2.24) is 4.98 Å². The molecule has 1 aliphatic rings. The average Bonchev–Trinajstić information content (AvgIpc) is 2.80. The smallest absolute Gasteiger partial charge is 0.168 e. The van der Waals surface area contributed by atoms with Crippen LogP contribution in [-0.4, -0.2) is 29.1 Å². The van der Waals surface area contributed by atoms with Crippen LogP contribution in [-0.2, 0) is 0 Å². The molecule has 1 fully saturated rings. The summed E-state index contributed by atoms with van der Waals surface area (Å²) in [6.07, 6.45) is 7.76. The van der Waals surface area contributed by atoms with Gasteiger partial charge in [0.05, 0.1) is 6.61 Å². The van der Waals surface area contributed by atoms with E-state index in [0.717, 1.165) is 16.8 Å². The molecule has 1 aromatic rings. The highest BCUT2D eigenvalue weighted by atomic mass is 32.2. The first-order valence-corrected chi connectivity index (χ1v) is 7.49. The molecule has 2 rings (SSSR count). The normalized spacial score (nSPS) is 23.6. The summed E-state index contributed by atoms with van der Waals surface area (Å²) in [5.41, 5.74) is 0. The molecule has 0 amide bonds. The van der Waals surface area contributed by atoms with E-state index in [1.807, 2.05) is 37.0 Å². The van der Waals surface area contributed by atoms with Gasteiger partial charge in [0.15, 0.2) is 11.6 Å². The highest BCUT2D eigenvalue weighted by Gasteiger charge is 2.24. The van der Waals surface area contributed by atoms with Crippen LogP contribution in [0, 0.1) is 0 Å². The van der Waals surface area contributed by atoms with Gasteiger partial charge in [-0.3, -0.25) is 0 Å². The second-order valence-corrected chi connectivity index (χ2v) is 5.43. The Morgan fingerprint density at radius 3 is 3.12 bits per heavy atom. The third kappa shape index (κ3) is 3.28.